The van der Waals surface area contributed by atoms with Gasteiger partial charge in [-0.25, -0.2) is 4.98 Å². The first-order valence-corrected chi connectivity index (χ1v) is 10.6. The molecule has 0 aliphatic heterocycles. The molecule has 9 heteroatoms. The van der Waals surface area contributed by atoms with E-state index in [9.17, 15) is 0 Å². The fraction of sp³-hybridized carbons (Fsp3) is 0.500. The van der Waals surface area contributed by atoms with E-state index in [0.29, 0.717) is 23.4 Å². The molecule has 0 spiro atoms. The van der Waals surface area contributed by atoms with E-state index in [1.807, 2.05) is 10.9 Å². The molecule has 168 valence electrons. The van der Waals surface area contributed by atoms with Gasteiger partial charge in [-0.1, -0.05) is 25.5 Å². The number of benzene rings is 1. The Bertz CT molecular complexity index is 1020. The maximum absolute atomic E-state index is 6.12. The lowest BCUT2D eigenvalue weighted by Crippen LogP contribution is -2.35. The van der Waals surface area contributed by atoms with Crippen molar-refractivity contribution in [3.8, 4) is 5.75 Å². The summed E-state index contributed by atoms with van der Waals surface area (Å²) in [5.74, 6) is 1.56. The molecule has 6 N–H and O–H groups in total. The first-order chi connectivity index (χ1) is 14.7. The van der Waals surface area contributed by atoms with Crippen molar-refractivity contribution in [1.29, 1.82) is 0 Å². The smallest absolute Gasteiger partial charge is 0.222 e. The molecular formula is C22H34N8O. The number of hydrogen-bond donors (Lipinski definition) is 4. The van der Waals surface area contributed by atoms with Crippen LogP contribution in [0.3, 0.4) is 0 Å². The van der Waals surface area contributed by atoms with Crippen molar-refractivity contribution in [2.24, 2.45) is 5.73 Å². The van der Waals surface area contributed by atoms with Crippen molar-refractivity contribution in [2.75, 3.05) is 18.2 Å². The maximum atomic E-state index is 6.12. The first kappa shape index (κ1) is 22.8. The van der Waals surface area contributed by atoms with Gasteiger partial charge in [0.05, 0.1) is 26.0 Å². The molecule has 0 fully saturated rings. The minimum absolute atomic E-state index is 0.0510. The largest absolute Gasteiger partial charge is 0.496 e. The minimum atomic E-state index is -0.220. The zero-order chi connectivity index (χ0) is 22.6. The molecule has 3 aromatic rings. The average molecular weight is 427 g/mol. The lowest BCUT2D eigenvalue weighted by atomic mass is 10.1. The Balaban J connectivity index is 1.84. The van der Waals surface area contributed by atoms with Crippen LogP contribution in [-0.2, 0) is 13.1 Å². The number of aromatic nitrogens is 4. The van der Waals surface area contributed by atoms with Crippen LogP contribution in [0.1, 0.15) is 51.7 Å². The number of anilines is 2. The number of nitrogens with zero attached hydrogens (tertiary/aromatic N) is 4. The van der Waals surface area contributed by atoms with Gasteiger partial charge >= 0.3 is 0 Å². The van der Waals surface area contributed by atoms with E-state index < -0.39 is 0 Å². The van der Waals surface area contributed by atoms with Crippen molar-refractivity contribution in [3.05, 3.63) is 35.5 Å². The normalized spacial score (nSPS) is 12.8. The third-order valence-corrected chi connectivity index (χ3v) is 4.86. The highest BCUT2D eigenvalue weighted by molar-refractivity contribution is 5.85. The summed E-state index contributed by atoms with van der Waals surface area (Å²) in [6, 6.07) is 6.24. The molecule has 1 atom stereocenters. The van der Waals surface area contributed by atoms with Crippen LogP contribution in [0.15, 0.2) is 24.4 Å². The number of fused-ring (bicyclic) bond motifs is 1. The van der Waals surface area contributed by atoms with Crippen molar-refractivity contribution < 1.29 is 4.74 Å². The van der Waals surface area contributed by atoms with Crippen molar-refractivity contribution in [3.63, 3.8) is 0 Å². The number of ether oxygens (including phenoxy) is 1. The van der Waals surface area contributed by atoms with Crippen LogP contribution < -0.4 is 26.8 Å². The summed E-state index contributed by atoms with van der Waals surface area (Å²) in [7, 11) is 1.68. The highest BCUT2D eigenvalue weighted by atomic mass is 16.5. The summed E-state index contributed by atoms with van der Waals surface area (Å²) in [6.07, 6.45) is 3.42. The number of nitrogens with one attached hydrogen (secondary N) is 2. The molecule has 0 radical (unpaired) electrons. The Morgan fingerprint density at radius 3 is 2.68 bits per heavy atom. The molecule has 1 aromatic carbocycles. The molecule has 2 aromatic heterocycles. The number of hydrogen-bond acceptors (Lipinski definition) is 8. The lowest BCUT2D eigenvalue weighted by Gasteiger charge is -2.21. The molecular weight excluding hydrogens is 392 g/mol. The second-order valence-corrected chi connectivity index (χ2v) is 8.78. The molecule has 0 saturated heterocycles. The van der Waals surface area contributed by atoms with E-state index in [1.54, 1.807) is 7.11 Å². The van der Waals surface area contributed by atoms with E-state index >= 15 is 0 Å². The van der Waals surface area contributed by atoms with Gasteiger partial charge in [-0.15, -0.1) is 0 Å². The van der Waals surface area contributed by atoms with Gasteiger partial charge in [0.2, 0.25) is 5.95 Å². The molecule has 31 heavy (non-hydrogen) atoms. The van der Waals surface area contributed by atoms with Crippen molar-refractivity contribution in [1.82, 2.24) is 25.1 Å². The van der Waals surface area contributed by atoms with Crippen LogP contribution in [0.4, 0.5) is 11.8 Å². The summed E-state index contributed by atoms with van der Waals surface area (Å²) in [5, 5.41) is 11.4. The van der Waals surface area contributed by atoms with Gasteiger partial charge in [0.15, 0.2) is 11.3 Å². The number of nitrogens with two attached hydrogens (primary N) is 2. The fourth-order valence-electron chi connectivity index (χ4n) is 3.29. The highest BCUT2D eigenvalue weighted by Gasteiger charge is 2.15. The van der Waals surface area contributed by atoms with Crippen LogP contribution in [0.25, 0.3) is 11.0 Å². The van der Waals surface area contributed by atoms with E-state index in [-0.39, 0.29) is 17.7 Å². The van der Waals surface area contributed by atoms with Crippen LogP contribution in [0.5, 0.6) is 5.75 Å². The van der Waals surface area contributed by atoms with E-state index in [1.165, 1.54) is 0 Å². The Labute approximate surface area is 183 Å². The van der Waals surface area contributed by atoms with Gasteiger partial charge < -0.3 is 26.8 Å². The van der Waals surface area contributed by atoms with Crippen molar-refractivity contribution >= 4 is 22.8 Å². The molecule has 0 saturated carbocycles. The monoisotopic (exact) mass is 426 g/mol. The third-order valence-electron chi connectivity index (χ3n) is 4.86. The van der Waals surface area contributed by atoms with E-state index in [2.05, 4.69) is 71.6 Å². The predicted octanol–water partition coefficient (Wildman–Crippen LogP) is 2.85. The van der Waals surface area contributed by atoms with Crippen LogP contribution in [-0.4, -0.2) is 38.6 Å². The second kappa shape index (κ2) is 9.49. The predicted molar refractivity (Wildman–Crippen MR) is 125 cm³/mol. The second-order valence-electron chi connectivity index (χ2n) is 8.78. The SMILES string of the molecule is CCCC(N)Nc1nc(N)nc2cn(Cc3ccc(CNC(C)(C)C)cc3OC)nc12. The van der Waals surface area contributed by atoms with Crippen LogP contribution in [0.2, 0.25) is 0 Å². The quantitative estimate of drug-likeness (QED) is 0.384. The summed E-state index contributed by atoms with van der Waals surface area (Å²) < 4.78 is 7.46. The molecule has 1 unspecified atom stereocenters. The number of methoxy groups -OCH3 is 1. The molecule has 9 nitrogen and oxygen atoms in total. The topological polar surface area (TPSA) is 129 Å². The first-order valence-electron chi connectivity index (χ1n) is 10.6. The number of rotatable bonds is 9. The Morgan fingerprint density at radius 2 is 2.00 bits per heavy atom. The van der Waals surface area contributed by atoms with Gasteiger partial charge in [-0.3, -0.25) is 4.68 Å². The molecule has 2 heterocycles. The Kier molecular flexibility index (Phi) is 6.97. The van der Waals surface area contributed by atoms with Gasteiger partial charge in [0.25, 0.3) is 0 Å². The molecule has 0 amide bonds. The fourth-order valence-corrected chi connectivity index (χ4v) is 3.29. The van der Waals surface area contributed by atoms with Gasteiger partial charge in [0.1, 0.15) is 11.3 Å². The Morgan fingerprint density at radius 1 is 1.23 bits per heavy atom. The molecule has 0 aliphatic carbocycles. The summed E-state index contributed by atoms with van der Waals surface area (Å²) >= 11 is 0. The number of nitrogen functional groups attached to an aromatic ring is 1. The minimum Gasteiger partial charge on any atom is -0.496 e. The van der Waals surface area contributed by atoms with E-state index in [4.69, 9.17) is 16.2 Å². The molecule has 3 rings (SSSR count). The van der Waals surface area contributed by atoms with Gasteiger partial charge in [0, 0.05) is 17.6 Å². The standard InChI is InChI=1S/C22H34N8O/c1-6-7-18(23)27-20-19-16(26-21(24)28-20)13-30(29-19)12-15-9-8-14(10-17(15)31-5)11-25-22(2,3)4/h8-10,13,18,25H,6-7,11-12,23H2,1-5H3,(H3,24,26,27,28). The lowest BCUT2D eigenvalue weighted by molar-refractivity contribution is 0.403. The zero-order valence-electron chi connectivity index (χ0n) is 19.1. The maximum Gasteiger partial charge on any atom is 0.222 e. The molecule has 0 aliphatic rings. The van der Waals surface area contributed by atoms with Gasteiger partial charge in [-0.2, -0.15) is 10.1 Å². The van der Waals surface area contributed by atoms with Crippen molar-refractivity contribution in [2.45, 2.75) is 65.3 Å². The summed E-state index contributed by atoms with van der Waals surface area (Å²) in [4.78, 5) is 8.62. The zero-order valence-corrected chi connectivity index (χ0v) is 19.1. The highest BCUT2D eigenvalue weighted by Crippen LogP contribution is 2.24. The summed E-state index contributed by atoms with van der Waals surface area (Å²) in [5.41, 5.74) is 15.6. The van der Waals surface area contributed by atoms with E-state index in [0.717, 1.165) is 36.3 Å². The average Bonchev–Trinajstić information content (AvgIpc) is 3.09. The van der Waals surface area contributed by atoms with Gasteiger partial charge in [-0.05, 0) is 38.8 Å². The Hall–Kier alpha value is -2.91. The van der Waals surface area contributed by atoms with Crippen LogP contribution in [0, 0.1) is 0 Å². The summed E-state index contributed by atoms with van der Waals surface area (Å²) in [6.45, 7) is 9.83. The van der Waals surface area contributed by atoms with Crippen LogP contribution >= 0.6 is 0 Å². The molecule has 0 bridgehead atoms. The third kappa shape index (κ3) is 6.05.